The van der Waals surface area contributed by atoms with Crippen molar-refractivity contribution in [1.29, 1.82) is 0 Å². The predicted octanol–water partition coefficient (Wildman–Crippen LogP) is 6.38. The topological polar surface area (TPSA) is 64.4 Å². The highest BCUT2D eigenvalue weighted by Gasteiger charge is 2.27. The van der Waals surface area contributed by atoms with Crippen molar-refractivity contribution >= 4 is 17.7 Å². The van der Waals surface area contributed by atoms with Gasteiger partial charge in [0.1, 0.15) is 23.1 Å². The molecule has 1 N–H and O–H groups in total. The molecule has 4 rings (SSSR count). The number of rotatable bonds is 10. The van der Waals surface area contributed by atoms with Gasteiger partial charge in [-0.1, -0.05) is 55.5 Å². The summed E-state index contributed by atoms with van der Waals surface area (Å²) >= 11 is 1.71. The SMILES string of the molecule is CCSc1c(-c2ccccc2F)c(-c2ccccc2)nn1CC1CCC(COCC(=O)O)CC1. The summed E-state index contributed by atoms with van der Waals surface area (Å²) in [6.07, 6.45) is 4.14. The van der Waals surface area contributed by atoms with Gasteiger partial charge in [-0.2, -0.15) is 5.10 Å². The Balaban J connectivity index is 1.60. The molecule has 0 saturated heterocycles. The van der Waals surface area contributed by atoms with Crippen LogP contribution >= 0.6 is 11.8 Å². The molecule has 3 aromatic rings. The van der Waals surface area contributed by atoms with Gasteiger partial charge in [0, 0.05) is 23.2 Å². The van der Waals surface area contributed by atoms with Gasteiger partial charge in [-0.05, 0) is 49.3 Å². The Morgan fingerprint density at radius 1 is 1.09 bits per heavy atom. The molecule has 1 fully saturated rings. The highest BCUT2D eigenvalue weighted by molar-refractivity contribution is 7.99. The normalized spacial score (nSPS) is 18.2. The van der Waals surface area contributed by atoms with E-state index in [2.05, 4.69) is 11.6 Å². The summed E-state index contributed by atoms with van der Waals surface area (Å²) in [4.78, 5) is 10.7. The van der Waals surface area contributed by atoms with Crippen LogP contribution in [-0.2, 0) is 16.1 Å². The zero-order valence-electron chi connectivity index (χ0n) is 19.5. The molecular weight excluding hydrogens is 451 g/mol. The molecule has 0 unspecified atom stereocenters. The van der Waals surface area contributed by atoms with Crippen LogP contribution in [0, 0.1) is 17.7 Å². The van der Waals surface area contributed by atoms with Crippen LogP contribution in [0.2, 0.25) is 0 Å². The van der Waals surface area contributed by atoms with E-state index in [4.69, 9.17) is 14.9 Å². The molecule has 7 heteroatoms. The van der Waals surface area contributed by atoms with E-state index in [0.29, 0.717) is 24.0 Å². The fourth-order valence-electron chi connectivity index (χ4n) is 4.70. The lowest BCUT2D eigenvalue weighted by Crippen LogP contribution is -2.23. The van der Waals surface area contributed by atoms with Crippen molar-refractivity contribution in [1.82, 2.24) is 9.78 Å². The minimum absolute atomic E-state index is 0.230. The Labute approximate surface area is 204 Å². The monoisotopic (exact) mass is 482 g/mol. The van der Waals surface area contributed by atoms with Crippen molar-refractivity contribution in [2.45, 2.75) is 44.2 Å². The second-order valence-corrected chi connectivity index (χ2v) is 10.0. The van der Waals surface area contributed by atoms with E-state index in [1.165, 1.54) is 6.07 Å². The molecule has 0 bridgehead atoms. The molecule has 0 aliphatic heterocycles. The average molecular weight is 483 g/mol. The molecule has 2 aromatic carbocycles. The van der Waals surface area contributed by atoms with Crippen molar-refractivity contribution < 1.29 is 19.0 Å². The number of benzene rings is 2. The number of hydrogen-bond acceptors (Lipinski definition) is 4. The minimum atomic E-state index is -0.923. The number of hydrogen-bond donors (Lipinski definition) is 1. The quantitative estimate of drug-likeness (QED) is 0.340. The zero-order chi connectivity index (χ0) is 23.9. The average Bonchev–Trinajstić information content (AvgIpc) is 3.19. The van der Waals surface area contributed by atoms with E-state index in [9.17, 15) is 9.18 Å². The largest absolute Gasteiger partial charge is 0.480 e. The van der Waals surface area contributed by atoms with Gasteiger partial charge in [-0.25, -0.2) is 9.18 Å². The Hall–Kier alpha value is -2.64. The Morgan fingerprint density at radius 3 is 2.44 bits per heavy atom. The summed E-state index contributed by atoms with van der Waals surface area (Å²) in [6, 6.07) is 16.9. The van der Waals surface area contributed by atoms with E-state index in [0.717, 1.165) is 59.8 Å². The Morgan fingerprint density at radius 2 is 1.76 bits per heavy atom. The molecular formula is C27H31FN2O3S. The van der Waals surface area contributed by atoms with E-state index < -0.39 is 5.97 Å². The van der Waals surface area contributed by atoms with Crippen molar-refractivity contribution in [3.8, 4) is 22.4 Å². The summed E-state index contributed by atoms with van der Waals surface area (Å²) in [5, 5.41) is 14.8. The molecule has 0 radical (unpaired) electrons. The molecule has 180 valence electrons. The molecule has 0 atom stereocenters. The smallest absolute Gasteiger partial charge is 0.329 e. The Kier molecular flexibility index (Phi) is 8.40. The van der Waals surface area contributed by atoms with E-state index in [1.807, 2.05) is 42.5 Å². The van der Waals surface area contributed by atoms with Gasteiger partial charge in [0.2, 0.25) is 0 Å². The number of aliphatic carboxylic acids is 1. The first-order chi connectivity index (χ1) is 16.6. The first kappa shape index (κ1) is 24.5. The number of carboxylic acids is 1. The number of thioether (sulfide) groups is 1. The van der Waals surface area contributed by atoms with Crippen LogP contribution < -0.4 is 0 Å². The van der Waals surface area contributed by atoms with Crippen LogP contribution in [0.25, 0.3) is 22.4 Å². The van der Waals surface area contributed by atoms with Gasteiger partial charge in [-0.3, -0.25) is 4.68 Å². The van der Waals surface area contributed by atoms with E-state index in [1.54, 1.807) is 17.8 Å². The lowest BCUT2D eigenvalue weighted by Gasteiger charge is -2.28. The molecule has 0 spiro atoms. The molecule has 1 saturated carbocycles. The van der Waals surface area contributed by atoms with Crippen LogP contribution in [-0.4, -0.2) is 39.8 Å². The Bertz CT molecular complexity index is 1090. The summed E-state index contributed by atoms with van der Waals surface area (Å²) in [6.45, 7) is 3.18. The van der Waals surface area contributed by atoms with Gasteiger partial charge in [0.25, 0.3) is 0 Å². The minimum Gasteiger partial charge on any atom is -0.480 e. The van der Waals surface area contributed by atoms with Crippen molar-refractivity contribution in [2.75, 3.05) is 19.0 Å². The third kappa shape index (κ3) is 5.88. The van der Waals surface area contributed by atoms with Crippen molar-refractivity contribution in [3.63, 3.8) is 0 Å². The molecule has 1 aliphatic rings. The summed E-state index contributed by atoms with van der Waals surface area (Å²) < 4.78 is 22.4. The van der Waals surface area contributed by atoms with Gasteiger partial charge in [-0.15, -0.1) is 11.8 Å². The van der Waals surface area contributed by atoms with Gasteiger partial charge in [0.15, 0.2) is 0 Å². The molecule has 1 aliphatic carbocycles. The second-order valence-electron chi connectivity index (χ2n) is 8.79. The van der Waals surface area contributed by atoms with Crippen molar-refractivity contribution in [3.05, 3.63) is 60.4 Å². The van der Waals surface area contributed by atoms with Crippen LogP contribution in [0.4, 0.5) is 4.39 Å². The maximum atomic E-state index is 15.0. The number of nitrogens with zero attached hydrogens (tertiary/aromatic N) is 2. The standard InChI is InChI=1S/C27H31FN2O3S/c1-2-34-27-25(22-10-6-7-11-23(22)28)26(21-8-4-3-5-9-21)29-30(27)16-19-12-14-20(15-13-19)17-33-18-24(31)32/h3-11,19-20H,2,12-18H2,1H3,(H,31,32). The van der Waals surface area contributed by atoms with Crippen LogP contribution in [0.1, 0.15) is 32.6 Å². The van der Waals surface area contributed by atoms with Gasteiger partial charge < -0.3 is 9.84 Å². The second kappa shape index (κ2) is 11.7. The number of halogens is 1. The fourth-order valence-corrected chi connectivity index (χ4v) is 5.59. The van der Waals surface area contributed by atoms with E-state index in [-0.39, 0.29) is 12.4 Å². The fraction of sp³-hybridized carbons (Fsp3) is 0.407. The highest BCUT2D eigenvalue weighted by atomic mass is 32.2. The molecule has 1 aromatic heterocycles. The maximum absolute atomic E-state index is 15.0. The molecule has 0 amide bonds. The van der Waals surface area contributed by atoms with Crippen molar-refractivity contribution in [2.24, 2.45) is 11.8 Å². The predicted molar refractivity (Wildman–Crippen MR) is 133 cm³/mol. The number of carbonyl (C=O) groups is 1. The summed E-state index contributed by atoms with van der Waals surface area (Å²) in [5.41, 5.74) is 3.25. The lowest BCUT2D eigenvalue weighted by molar-refractivity contribution is -0.142. The molecule has 5 nitrogen and oxygen atoms in total. The van der Waals surface area contributed by atoms with Crippen LogP contribution in [0.15, 0.2) is 59.6 Å². The number of carboxylic acid groups (broad SMARTS) is 1. The number of ether oxygens (including phenoxy) is 1. The first-order valence-corrected chi connectivity index (χ1v) is 12.9. The maximum Gasteiger partial charge on any atom is 0.329 e. The number of aromatic nitrogens is 2. The highest BCUT2D eigenvalue weighted by Crippen LogP contribution is 2.41. The van der Waals surface area contributed by atoms with Crippen LogP contribution in [0.3, 0.4) is 0 Å². The first-order valence-electron chi connectivity index (χ1n) is 11.9. The van der Waals surface area contributed by atoms with E-state index >= 15 is 0 Å². The van der Waals surface area contributed by atoms with Gasteiger partial charge >= 0.3 is 5.97 Å². The molecule has 1 heterocycles. The zero-order valence-corrected chi connectivity index (χ0v) is 20.3. The third-order valence-electron chi connectivity index (χ3n) is 6.35. The van der Waals surface area contributed by atoms with Gasteiger partial charge in [0.05, 0.1) is 6.61 Å². The van der Waals surface area contributed by atoms with Crippen LogP contribution in [0.5, 0.6) is 0 Å². The summed E-state index contributed by atoms with van der Waals surface area (Å²) in [7, 11) is 0. The lowest BCUT2D eigenvalue weighted by atomic mass is 9.82. The summed E-state index contributed by atoms with van der Waals surface area (Å²) in [5.74, 6) is 0.595. The molecule has 34 heavy (non-hydrogen) atoms. The third-order valence-corrected chi connectivity index (χ3v) is 7.33.